The summed E-state index contributed by atoms with van der Waals surface area (Å²) in [5.74, 6) is 1.05. The molecule has 0 atom stereocenters. The summed E-state index contributed by atoms with van der Waals surface area (Å²) in [5.41, 5.74) is 8.09. The lowest BCUT2D eigenvalue weighted by Gasteiger charge is -2.06. The van der Waals surface area contributed by atoms with Gasteiger partial charge < -0.3 is 5.73 Å². The molecule has 0 spiro atoms. The molecule has 1 heterocycles. The average Bonchev–Trinajstić information content (AvgIpc) is 2.82. The van der Waals surface area contributed by atoms with Crippen molar-refractivity contribution >= 4 is 5.69 Å². The fourth-order valence-corrected chi connectivity index (χ4v) is 2.04. The second kappa shape index (κ2) is 4.77. The number of hydrogen-bond acceptors (Lipinski definition) is 3. The van der Waals surface area contributed by atoms with E-state index in [9.17, 15) is 4.39 Å². The van der Waals surface area contributed by atoms with Crippen LogP contribution in [0.15, 0.2) is 48.5 Å². The van der Waals surface area contributed by atoms with Crippen LogP contribution in [0.5, 0.6) is 0 Å². The van der Waals surface area contributed by atoms with Crippen LogP contribution in [0.2, 0.25) is 0 Å². The standard InChI is InChI=1S/C15H13FN4/c1-10-18-15(11-3-2-4-13(17)9-11)20(19-10)14-7-5-12(16)6-8-14/h2-9H,17H2,1H3. The molecule has 0 unspecified atom stereocenters. The number of benzene rings is 2. The van der Waals surface area contributed by atoms with Crippen molar-refractivity contribution in [3.63, 3.8) is 0 Å². The van der Waals surface area contributed by atoms with Crippen LogP contribution in [0.4, 0.5) is 10.1 Å². The molecule has 0 aliphatic heterocycles. The summed E-state index contributed by atoms with van der Waals surface area (Å²) in [4.78, 5) is 4.42. The van der Waals surface area contributed by atoms with Gasteiger partial charge in [0.05, 0.1) is 5.69 Å². The van der Waals surface area contributed by atoms with Crippen LogP contribution < -0.4 is 5.73 Å². The Morgan fingerprint density at radius 1 is 1.10 bits per heavy atom. The van der Waals surface area contributed by atoms with Crippen molar-refractivity contribution < 1.29 is 4.39 Å². The first kappa shape index (κ1) is 12.3. The monoisotopic (exact) mass is 268 g/mol. The molecule has 3 aromatic rings. The number of halogens is 1. The molecule has 2 aromatic carbocycles. The summed E-state index contributed by atoms with van der Waals surface area (Å²) in [5, 5.41) is 4.36. The summed E-state index contributed by atoms with van der Waals surface area (Å²) < 4.78 is 14.7. The number of aromatic nitrogens is 3. The van der Waals surface area contributed by atoms with E-state index in [0.29, 0.717) is 17.3 Å². The predicted octanol–water partition coefficient (Wildman–Crippen LogP) is 2.96. The van der Waals surface area contributed by atoms with Gasteiger partial charge in [-0.3, -0.25) is 0 Å². The van der Waals surface area contributed by atoms with Gasteiger partial charge in [-0.25, -0.2) is 14.1 Å². The Morgan fingerprint density at radius 2 is 1.85 bits per heavy atom. The third-order valence-corrected chi connectivity index (χ3v) is 2.93. The van der Waals surface area contributed by atoms with E-state index in [1.54, 1.807) is 16.8 Å². The van der Waals surface area contributed by atoms with Crippen LogP contribution in [0, 0.1) is 12.7 Å². The van der Waals surface area contributed by atoms with Gasteiger partial charge in [-0.15, -0.1) is 0 Å². The minimum atomic E-state index is -0.281. The van der Waals surface area contributed by atoms with Crippen molar-refractivity contribution in [1.29, 1.82) is 0 Å². The lowest BCUT2D eigenvalue weighted by atomic mass is 10.2. The third-order valence-electron chi connectivity index (χ3n) is 2.93. The quantitative estimate of drug-likeness (QED) is 0.727. The molecular formula is C15H13FN4. The van der Waals surface area contributed by atoms with Crippen molar-refractivity contribution in [2.75, 3.05) is 5.73 Å². The van der Waals surface area contributed by atoms with E-state index in [1.165, 1.54) is 12.1 Å². The molecule has 3 rings (SSSR count). The molecule has 5 heteroatoms. The fourth-order valence-electron chi connectivity index (χ4n) is 2.04. The highest BCUT2D eigenvalue weighted by Gasteiger charge is 2.11. The Hall–Kier alpha value is -2.69. The van der Waals surface area contributed by atoms with Gasteiger partial charge in [0.1, 0.15) is 11.6 Å². The number of rotatable bonds is 2. The topological polar surface area (TPSA) is 56.7 Å². The minimum Gasteiger partial charge on any atom is -0.399 e. The van der Waals surface area contributed by atoms with Crippen molar-refractivity contribution in [2.45, 2.75) is 6.92 Å². The van der Waals surface area contributed by atoms with Crippen molar-refractivity contribution in [1.82, 2.24) is 14.8 Å². The first-order valence-corrected chi connectivity index (χ1v) is 6.19. The number of hydrogen-bond donors (Lipinski definition) is 1. The average molecular weight is 268 g/mol. The molecule has 1 aromatic heterocycles. The number of aryl methyl sites for hydroxylation is 1. The summed E-state index contributed by atoms with van der Waals surface area (Å²) >= 11 is 0. The molecule has 0 saturated heterocycles. The van der Waals surface area contributed by atoms with Gasteiger partial charge in [-0.1, -0.05) is 12.1 Å². The van der Waals surface area contributed by atoms with Gasteiger partial charge in [0.2, 0.25) is 0 Å². The minimum absolute atomic E-state index is 0.281. The number of nitrogens with two attached hydrogens (primary N) is 1. The maximum atomic E-state index is 13.0. The van der Waals surface area contributed by atoms with Gasteiger partial charge in [-0.2, -0.15) is 5.10 Å². The van der Waals surface area contributed by atoms with E-state index in [-0.39, 0.29) is 5.82 Å². The lowest BCUT2D eigenvalue weighted by Crippen LogP contribution is -2.00. The molecule has 0 radical (unpaired) electrons. The molecule has 0 aliphatic rings. The first-order chi connectivity index (χ1) is 9.63. The Morgan fingerprint density at radius 3 is 2.55 bits per heavy atom. The highest BCUT2D eigenvalue weighted by molar-refractivity contribution is 5.63. The number of nitrogen functional groups attached to an aromatic ring is 1. The maximum Gasteiger partial charge on any atom is 0.163 e. The summed E-state index contributed by atoms with van der Waals surface area (Å²) in [7, 11) is 0. The van der Waals surface area contributed by atoms with Gasteiger partial charge in [0, 0.05) is 11.3 Å². The zero-order valence-electron chi connectivity index (χ0n) is 10.9. The van der Waals surface area contributed by atoms with Crippen LogP contribution in [0.1, 0.15) is 5.82 Å². The molecule has 2 N–H and O–H groups in total. The van der Waals surface area contributed by atoms with Crippen LogP contribution in [-0.4, -0.2) is 14.8 Å². The van der Waals surface area contributed by atoms with Crippen molar-refractivity contribution in [3.05, 3.63) is 60.2 Å². The third kappa shape index (κ3) is 2.25. The van der Waals surface area contributed by atoms with Gasteiger partial charge in [0.15, 0.2) is 5.82 Å². The summed E-state index contributed by atoms with van der Waals surface area (Å²) in [6, 6.07) is 13.6. The van der Waals surface area contributed by atoms with Gasteiger partial charge in [-0.05, 0) is 43.3 Å². The fraction of sp³-hybridized carbons (Fsp3) is 0.0667. The van der Waals surface area contributed by atoms with E-state index in [1.807, 2.05) is 31.2 Å². The van der Waals surface area contributed by atoms with Crippen LogP contribution >= 0.6 is 0 Å². The zero-order valence-corrected chi connectivity index (χ0v) is 10.9. The largest absolute Gasteiger partial charge is 0.399 e. The Kier molecular flexibility index (Phi) is 2.95. The van der Waals surface area contributed by atoms with Gasteiger partial charge in [0.25, 0.3) is 0 Å². The lowest BCUT2D eigenvalue weighted by molar-refractivity contribution is 0.627. The Balaban J connectivity index is 2.15. The normalized spacial score (nSPS) is 10.7. The highest BCUT2D eigenvalue weighted by Crippen LogP contribution is 2.22. The molecular weight excluding hydrogens is 255 g/mol. The van der Waals surface area contributed by atoms with Crippen LogP contribution in [0.25, 0.3) is 17.1 Å². The number of anilines is 1. The van der Waals surface area contributed by atoms with E-state index < -0.39 is 0 Å². The van der Waals surface area contributed by atoms with Crippen LogP contribution in [0.3, 0.4) is 0 Å². The number of nitrogens with zero attached hydrogens (tertiary/aromatic N) is 3. The van der Waals surface area contributed by atoms with Crippen molar-refractivity contribution in [3.8, 4) is 17.1 Å². The second-order valence-corrected chi connectivity index (χ2v) is 4.50. The SMILES string of the molecule is Cc1nc(-c2cccc(N)c2)n(-c2ccc(F)cc2)n1. The Labute approximate surface area is 115 Å². The summed E-state index contributed by atoms with van der Waals surface area (Å²) in [6.45, 7) is 1.82. The van der Waals surface area contributed by atoms with E-state index in [2.05, 4.69) is 10.1 Å². The van der Waals surface area contributed by atoms with Crippen molar-refractivity contribution in [2.24, 2.45) is 0 Å². The molecule has 20 heavy (non-hydrogen) atoms. The molecule has 0 aliphatic carbocycles. The first-order valence-electron chi connectivity index (χ1n) is 6.19. The van der Waals surface area contributed by atoms with E-state index in [0.717, 1.165) is 11.3 Å². The van der Waals surface area contributed by atoms with E-state index in [4.69, 9.17) is 5.73 Å². The highest BCUT2D eigenvalue weighted by atomic mass is 19.1. The molecule has 100 valence electrons. The molecule has 0 bridgehead atoms. The zero-order chi connectivity index (χ0) is 14.1. The van der Waals surface area contributed by atoms with Gasteiger partial charge >= 0.3 is 0 Å². The second-order valence-electron chi connectivity index (χ2n) is 4.50. The summed E-state index contributed by atoms with van der Waals surface area (Å²) in [6.07, 6.45) is 0. The predicted molar refractivity (Wildman–Crippen MR) is 75.9 cm³/mol. The smallest absolute Gasteiger partial charge is 0.163 e. The molecule has 0 saturated carbocycles. The van der Waals surface area contributed by atoms with Crippen LogP contribution in [-0.2, 0) is 0 Å². The van der Waals surface area contributed by atoms with E-state index >= 15 is 0 Å². The molecule has 0 fully saturated rings. The maximum absolute atomic E-state index is 13.0. The Bertz CT molecular complexity index is 747. The molecule has 4 nitrogen and oxygen atoms in total. The molecule has 0 amide bonds.